The lowest BCUT2D eigenvalue weighted by molar-refractivity contribution is 0.102. The molecule has 0 fully saturated rings. The zero-order chi connectivity index (χ0) is 13.1. The molecule has 3 heteroatoms. The molecule has 0 spiro atoms. The van der Waals surface area contributed by atoms with Gasteiger partial charge in [-0.15, -0.1) is 0 Å². The van der Waals surface area contributed by atoms with Gasteiger partial charge in [0.05, 0.1) is 0 Å². The summed E-state index contributed by atoms with van der Waals surface area (Å²) in [5.74, 6) is -0.146. The molecule has 2 rings (SSSR count). The van der Waals surface area contributed by atoms with Crippen molar-refractivity contribution in [2.45, 2.75) is 13.8 Å². The lowest BCUT2D eigenvalue weighted by Gasteiger charge is -2.07. The molecule has 92 valence electrons. The topological polar surface area (TPSA) is 55.1 Å². The molecule has 3 nitrogen and oxygen atoms in total. The Morgan fingerprint density at radius 1 is 1.11 bits per heavy atom. The third-order valence-electron chi connectivity index (χ3n) is 2.82. The average molecular weight is 240 g/mol. The Bertz CT molecular complexity index is 591. The summed E-state index contributed by atoms with van der Waals surface area (Å²) in [7, 11) is 0. The van der Waals surface area contributed by atoms with Crippen LogP contribution in [-0.2, 0) is 0 Å². The van der Waals surface area contributed by atoms with Crippen molar-refractivity contribution in [1.82, 2.24) is 0 Å². The molecule has 0 aliphatic rings. The number of nitrogen functional groups attached to an aromatic ring is 1. The Hall–Kier alpha value is -2.29. The molecule has 18 heavy (non-hydrogen) atoms. The van der Waals surface area contributed by atoms with E-state index in [9.17, 15) is 4.79 Å². The minimum Gasteiger partial charge on any atom is -0.398 e. The van der Waals surface area contributed by atoms with Crippen molar-refractivity contribution >= 4 is 17.3 Å². The van der Waals surface area contributed by atoms with Crippen LogP contribution >= 0.6 is 0 Å². The van der Waals surface area contributed by atoms with Crippen molar-refractivity contribution in [3.05, 3.63) is 59.2 Å². The van der Waals surface area contributed by atoms with E-state index in [1.165, 1.54) is 0 Å². The van der Waals surface area contributed by atoms with Crippen LogP contribution in [0.25, 0.3) is 0 Å². The van der Waals surface area contributed by atoms with Crippen LogP contribution in [0.5, 0.6) is 0 Å². The maximum atomic E-state index is 12.0. The Morgan fingerprint density at radius 3 is 2.56 bits per heavy atom. The molecule has 0 aliphatic carbocycles. The lowest BCUT2D eigenvalue weighted by atomic mass is 10.1. The van der Waals surface area contributed by atoms with E-state index >= 15 is 0 Å². The highest BCUT2D eigenvalue weighted by Crippen LogP contribution is 2.15. The summed E-state index contributed by atoms with van der Waals surface area (Å²) in [6.07, 6.45) is 0. The van der Waals surface area contributed by atoms with Crippen molar-refractivity contribution in [2.75, 3.05) is 11.1 Å². The second kappa shape index (κ2) is 4.92. The molecule has 3 N–H and O–H groups in total. The van der Waals surface area contributed by atoms with Gasteiger partial charge in [-0.2, -0.15) is 0 Å². The minimum absolute atomic E-state index is 0.146. The number of rotatable bonds is 2. The largest absolute Gasteiger partial charge is 0.398 e. The van der Waals surface area contributed by atoms with Crippen LogP contribution in [0.4, 0.5) is 11.4 Å². The first-order valence-corrected chi connectivity index (χ1v) is 5.80. The van der Waals surface area contributed by atoms with Crippen LogP contribution in [0, 0.1) is 13.8 Å². The number of nitrogens with one attached hydrogen (secondary N) is 1. The minimum atomic E-state index is -0.146. The fourth-order valence-electron chi connectivity index (χ4n) is 1.71. The number of carbonyl (C=O) groups is 1. The predicted octanol–water partition coefficient (Wildman–Crippen LogP) is 3.14. The molecule has 1 amide bonds. The zero-order valence-corrected chi connectivity index (χ0v) is 10.5. The van der Waals surface area contributed by atoms with E-state index < -0.39 is 0 Å². The number of benzene rings is 2. The van der Waals surface area contributed by atoms with Gasteiger partial charge < -0.3 is 11.1 Å². The first-order chi connectivity index (χ1) is 8.56. The van der Waals surface area contributed by atoms with E-state index in [1.54, 1.807) is 12.1 Å². The van der Waals surface area contributed by atoms with Crippen LogP contribution in [0.2, 0.25) is 0 Å². The summed E-state index contributed by atoms with van der Waals surface area (Å²) in [5.41, 5.74) is 9.87. The van der Waals surface area contributed by atoms with Crippen molar-refractivity contribution in [3.8, 4) is 0 Å². The quantitative estimate of drug-likeness (QED) is 0.792. The zero-order valence-electron chi connectivity index (χ0n) is 10.5. The summed E-state index contributed by atoms with van der Waals surface area (Å²) in [6.45, 7) is 3.90. The lowest BCUT2D eigenvalue weighted by Crippen LogP contribution is -2.12. The van der Waals surface area contributed by atoms with Gasteiger partial charge in [0.25, 0.3) is 5.91 Å². The second-order valence-electron chi connectivity index (χ2n) is 4.39. The predicted molar refractivity (Wildman–Crippen MR) is 74.7 cm³/mol. The molecule has 0 aliphatic heterocycles. The summed E-state index contributed by atoms with van der Waals surface area (Å²) in [6, 6.07) is 13.0. The molecule has 2 aromatic rings. The molecule has 0 unspecified atom stereocenters. The van der Waals surface area contributed by atoms with Crippen molar-refractivity contribution in [1.29, 1.82) is 0 Å². The fraction of sp³-hybridized carbons (Fsp3) is 0.133. The summed E-state index contributed by atoms with van der Waals surface area (Å²) in [5, 5.41) is 2.85. The summed E-state index contributed by atoms with van der Waals surface area (Å²) >= 11 is 0. The number of hydrogen-bond acceptors (Lipinski definition) is 2. The second-order valence-corrected chi connectivity index (χ2v) is 4.39. The number of carbonyl (C=O) groups excluding carboxylic acids is 1. The van der Waals surface area contributed by atoms with Crippen LogP contribution < -0.4 is 11.1 Å². The highest BCUT2D eigenvalue weighted by Gasteiger charge is 2.07. The van der Waals surface area contributed by atoms with Gasteiger partial charge in [-0.3, -0.25) is 4.79 Å². The van der Waals surface area contributed by atoms with Crippen molar-refractivity contribution in [2.24, 2.45) is 0 Å². The normalized spacial score (nSPS) is 10.1. The Balaban J connectivity index is 2.19. The molecule has 0 saturated carbocycles. The molecule has 0 atom stereocenters. The molecule has 0 heterocycles. The first-order valence-electron chi connectivity index (χ1n) is 5.80. The number of anilines is 2. The standard InChI is InChI=1S/C15H16N2O/c1-10-4-3-5-13(8-10)17-15(18)12-7-6-11(2)14(16)9-12/h3-9H,16H2,1-2H3,(H,17,18). The highest BCUT2D eigenvalue weighted by atomic mass is 16.1. The monoisotopic (exact) mass is 240 g/mol. The van der Waals surface area contributed by atoms with Gasteiger partial charge in [-0.05, 0) is 49.2 Å². The van der Waals surface area contributed by atoms with E-state index in [0.29, 0.717) is 11.3 Å². The molecule has 0 radical (unpaired) electrons. The van der Waals surface area contributed by atoms with Crippen molar-refractivity contribution in [3.63, 3.8) is 0 Å². The third kappa shape index (κ3) is 2.69. The number of nitrogens with two attached hydrogens (primary N) is 1. The van der Waals surface area contributed by atoms with Crippen molar-refractivity contribution < 1.29 is 4.79 Å². The van der Waals surface area contributed by atoms with Crippen LogP contribution in [0.1, 0.15) is 21.5 Å². The summed E-state index contributed by atoms with van der Waals surface area (Å²) in [4.78, 5) is 12.0. The molecule has 0 saturated heterocycles. The van der Waals surface area contributed by atoms with Gasteiger partial charge in [0.1, 0.15) is 0 Å². The molecule has 0 bridgehead atoms. The number of amides is 1. The van der Waals surface area contributed by atoms with E-state index in [2.05, 4.69) is 5.32 Å². The fourth-order valence-corrected chi connectivity index (χ4v) is 1.71. The van der Waals surface area contributed by atoms with Gasteiger partial charge >= 0.3 is 0 Å². The van der Waals surface area contributed by atoms with Gasteiger partial charge in [-0.25, -0.2) is 0 Å². The van der Waals surface area contributed by atoms with E-state index in [1.807, 2.05) is 44.2 Å². The van der Waals surface area contributed by atoms with E-state index in [0.717, 1.165) is 16.8 Å². The smallest absolute Gasteiger partial charge is 0.255 e. The maximum Gasteiger partial charge on any atom is 0.255 e. The summed E-state index contributed by atoms with van der Waals surface area (Å²) < 4.78 is 0. The Kier molecular flexibility index (Phi) is 3.33. The third-order valence-corrected chi connectivity index (χ3v) is 2.82. The average Bonchev–Trinajstić information content (AvgIpc) is 2.32. The molecule has 2 aromatic carbocycles. The van der Waals surface area contributed by atoms with Crippen LogP contribution in [-0.4, -0.2) is 5.91 Å². The Morgan fingerprint density at radius 2 is 1.89 bits per heavy atom. The number of hydrogen-bond donors (Lipinski definition) is 2. The first kappa shape index (κ1) is 12.2. The Labute approximate surface area is 107 Å². The molecular weight excluding hydrogens is 224 g/mol. The van der Waals surface area contributed by atoms with E-state index in [4.69, 9.17) is 5.73 Å². The van der Waals surface area contributed by atoms with Gasteiger partial charge in [0, 0.05) is 16.9 Å². The highest BCUT2D eigenvalue weighted by molar-refractivity contribution is 6.04. The number of aryl methyl sites for hydroxylation is 2. The maximum absolute atomic E-state index is 12.0. The van der Waals surface area contributed by atoms with Crippen LogP contribution in [0.15, 0.2) is 42.5 Å². The van der Waals surface area contributed by atoms with E-state index in [-0.39, 0.29) is 5.91 Å². The van der Waals surface area contributed by atoms with Crippen LogP contribution in [0.3, 0.4) is 0 Å². The van der Waals surface area contributed by atoms with Gasteiger partial charge in [0.2, 0.25) is 0 Å². The molecule has 0 aromatic heterocycles. The molecular formula is C15H16N2O. The van der Waals surface area contributed by atoms with Gasteiger partial charge in [-0.1, -0.05) is 18.2 Å². The van der Waals surface area contributed by atoms with Gasteiger partial charge in [0.15, 0.2) is 0 Å². The SMILES string of the molecule is Cc1cccc(NC(=O)c2ccc(C)c(N)c2)c1.